The van der Waals surface area contributed by atoms with Crippen LogP contribution in [-0.2, 0) is 4.79 Å². The zero-order valence-corrected chi connectivity index (χ0v) is 15.3. The Labute approximate surface area is 152 Å². The van der Waals surface area contributed by atoms with Crippen LogP contribution in [0.4, 0.5) is 0 Å². The van der Waals surface area contributed by atoms with E-state index in [9.17, 15) is 35.1 Å². The summed E-state index contributed by atoms with van der Waals surface area (Å²) in [5.41, 5.74) is -3.41. The van der Waals surface area contributed by atoms with Crippen molar-refractivity contribution in [2.45, 2.75) is 95.7 Å². The summed E-state index contributed by atoms with van der Waals surface area (Å²) in [6.07, 6.45) is 10.0. The molecule has 0 heterocycles. The Hall–Kier alpha value is -2.13. The van der Waals surface area contributed by atoms with Crippen LogP contribution in [0, 0.1) is 30.3 Å². The van der Waals surface area contributed by atoms with Crippen LogP contribution in [0.2, 0.25) is 0 Å². The number of unbranched alkanes of at least 4 members (excludes halogenated alkanes) is 10. The summed E-state index contributed by atoms with van der Waals surface area (Å²) in [4.78, 5) is 40.0. The second-order valence-corrected chi connectivity index (χ2v) is 6.54. The molecule has 0 rings (SSSR count). The van der Waals surface area contributed by atoms with Crippen LogP contribution >= 0.6 is 0 Å². The maximum Gasteiger partial charge on any atom is 0.577 e. The van der Waals surface area contributed by atoms with Gasteiger partial charge in [-0.1, -0.05) is 71.1 Å². The number of aldehydes is 1. The maximum atomic E-state index is 11.1. The van der Waals surface area contributed by atoms with Crippen molar-refractivity contribution in [1.82, 2.24) is 0 Å². The molecule has 0 spiro atoms. The van der Waals surface area contributed by atoms with E-state index in [-0.39, 0.29) is 12.8 Å². The van der Waals surface area contributed by atoms with Gasteiger partial charge in [0, 0.05) is 11.3 Å². The normalized spacial score (nSPS) is 12.5. The molecular weight excluding hydrogens is 346 g/mol. The van der Waals surface area contributed by atoms with E-state index in [2.05, 4.69) is 6.92 Å². The van der Waals surface area contributed by atoms with Crippen molar-refractivity contribution in [3.63, 3.8) is 0 Å². The third kappa shape index (κ3) is 7.40. The van der Waals surface area contributed by atoms with Gasteiger partial charge >= 0.3 is 11.7 Å². The van der Waals surface area contributed by atoms with Gasteiger partial charge in [0.05, 0.1) is 0 Å². The summed E-state index contributed by atoms with van der Waals surface area (Å²) in [6, 6.07) is -2.16. The minimum atomic E-state index is -3.41. The first kappa shape index (κ1) is 23.9. The summed E-state index contributed by atoms with van der Waals surface area (Å²) in [6.45, 7) is 2.17. The van der Waals surface area contributed by atoms with Gasteiger partial charge in [0.1, 0.15) is 9.85 Å². The highest BCUT2D eigenvalue weighted by atomic mass is 16.7. The maximum absolute atomic E-state index is 11.1. The van der Waals surface area contributed by atoms with Crippen LogP contribution < -0.4 is 0 Å². The first-order chi connectivity index (χ1) is 12.3. The first-order valence-corrected chi connectivity index (χ1v) is 9.23. The molecule has 0 aromatic carbocycles. The Morgan fingerprint density at radius 2 is 1.15 bits per heavy atom. The molecule has 0 bridgehead atoms. The van der Waals surface area contributed by atoms with Crippen molar-refractivity contribution in [3.8, 4) is 0 Å². The minimum Gasteiger partial charge on any atom is -0.287 e. The molecule has 1 atom stereocenters. The van der Waals surface area contributed by atoms with Gasteiger partial charge in [0.25, 0.3) is 6.29 Å². The lowest BCUT2D eigenvalue weighted by Crippen LogP contribution is -2.60. The average Bonchev–Trinajstić information content (AvgIpc) is 2.58. The number of carbonyl (C=O) groups excluding carboxylic acids is 1. The van der Waals surface area contributed by atoms with Crippen LogP contribution in [0.5, 0.6) is 0 Å². The molecule has 0 aliphatic heterocycles. The Kier molecular flexibility index (Phi) is 12.0. The van der Waals surface area contributed by atoms with Crippen molar-refractivity contribution in [2.75, 3.05) is 0 Å². The molecule has 0 saturated heterocycles. The summed E-state index contributed by atoms with van der Waals surface area (Å²) < 4.78 is 0. The number of nitro groups is 3. The van der Waals surface area contributed by atoms with Gasteiger partial charge in [-0.15, -0.1) is 0 Å². The standard InChI is InChI=1S/C16H29N3O7/c1-2-3-4-5-6-7-8-9-10-11-12-13-15(17(21)22)16(14-20,18(23)24)19(25)26/h14-15H,2-13H2,1H3. The fraction of sp³-hybridized carbons (Fsp3) is 0.938. The Morgan fingerprint density at radius 3 is 1.46 bits per heavy atom. The van der Waals surface area contributed by atoms with Crippen LogP contribution in [0.15, 0.2) is 0 Å². The number of nitrogens with zero attached hydrogens (tertiary/aromatic N) is 3. The Morgan fingerprint density at radius 1 is 0.769 bits per heavy atom. The summed E-state index contributed by atoms with van der Waals surface area (Å²) in [7, 11) is 0. The summed E-state index contributed by atoms with van der Waals surface area (Å²) in [5, 5.41) is 33.0. The molecule has 26 heavy (non-hydrogen) atoms. The smallest absolute Gasteiger partial charge is 0.287 e. The zero-order valence-electron chi connectivity index (χ0n) is 15.3. The second kappa shape index (κ2) is 13.1. The monoisotopic (exact) mass is 375 g/mol. The predicted molar refractivity (Wildman–Crippen MR) is 94.6 cm³/mol. The highest BCUT2D eigenvalue weighted by molar-refractivity contribution is 5.60. The molecule has 0 fully saturated rings. The molecule has 0 saturated carbocycles. The molecule has 1 unspecified atom stereocenters. The topological polar surface area (TPSA) is 146 Å². The molecule has 10 nitrogen and oxygen atoms in total. The van der Waals surface area contributed by atoms with Crippen LogP contribution in [0.25, 0.3) is 0 Å². The van der Waals surface area contributed by atoms with E-state index in [0.29, 0.717) is 6.42 Å². The largest absolute Gasteiger partial charge is 0.577 e. The number of hydrogen-bond donors (Lipinski definition) is 0. The first-order valence-electron chi connectivity index (χ1n) is 9.23. The quantitative estimate of drug-likeness (QED) is 0.123. The van der Waals surface area contributed by atoms with E-state index in [1.54, 1.807) is 0 Å². The van der Waals surface area contributed by atoms with Crippen molar-refractivity contribution < 1.29 is 19.6 Å². The molecule has 10 heteroatoms. The molecule has 0 aliphatic carbocycles. The van der Waals surface area contributed by atoms with E-state index in [4.69, 9.17) is 0 Å². The van der Waals surface area contributed by atoms with Gasteiger partial charge in [0.15, 0.2) is 0 Å². The molecule has 0 aliphatic rings. The number of rotatable bonds is 17. The lowest BCUT2D eigenvalue weighted by atomic mass is 9.96. The molecule has 0 N–H and O–H groups in total. The van der Waals surface area contributed by atoms with Crippen molar-refractivity contribution in [2.24, 2.45) is 0 Å². The van der Waals surface area contributed by atoms with Gasteiger partial charge in [0.2, 0.25) is 0 Å². The summed E-state index contributed by atoms with van der Waals surface area (Å²) >= 11 is 0. The van der Waals surface area contributed by atoms with E-state index in [1.807, 2.05) is 0 Å². The fourth-order valence-electron chi connectivity index (χ4n) is 2.95. The lowest BCUT2D eigenvalue weighted by molar-refractivity contribution is -0.812. The van der Waals surface area contributed by atoms with E-state index in [0.717, 1.165) is 25.7 Å². The van der Waals surface area contributed by atoms with E-state index in [1.165, 1.54) is 32.1 Å². The molecule has 0 radical (unpaired) electrons. The van der Waals surface area contributed by atoms with Crippen molar-refractivity contribution >= 4 is 6.29 Å². The van der Waals surface area contributed by atoms with Gasteiger partial charge in [-0.3, -0.25) is 35.1 Å². The zero-order chi connectivity index (χ0) is 20.0. The second-order valence-electron chi connectivity index (χ2n) is 6.54. The molecule has 150 valence electrons. The van der Waals surface area contributed by atoms with Gasteiger partial charge < -0.3 is 0 Å². The van der Waals surface area contributed by atoms with Crippen molar-refractivity contribution in [1.29, 1.82) is 0 Å². The number of carbonyl (C=O) groups is 1. The summed E-state index contributed by atoms with van der Waals surface area (Å²) in [5.74, 6) is 0. The van der Waals surface area contributed by atoms with Crippen molar-refractivity contribution in [3.05, 3.63) is 30.3 Å². The molecular formula is C16H29N3O7. The third-order valence-electron chi connectivity index (χ3n) is 4.58. The predicted octanol–water partition coefficient (Wildman–Crippen LogP) is 3.78. The SMILES string of the molecule is CCCCCCCCCCCCCC([N+](=O)[O-])C(C=O)([N+](=O)[O-])[N+](=O)[O-]. The van der Waals surface area contributed by atoms with Crippen LogP contribution in [-0.4, -0.2) is 32.8 Å². The lowest BCUT2D eigenvalue weighted by Gasteiger charge is -2.15. The highest BCUT2D eigenvalue weighted by Crippen LogP contribution is 2.22. The molecule has 0 aromatic heterocycles. The van der Waals surface area contributed by atoms with Gasteiger partial charge in [-0.25, -0.2) is 0 Å². The molecule has 0 aromatic rings. The van der Waals surface area contributed by atoms with E-state index >= 15 is 0 Å². The Bertz CT molecular complexity index is 457. The Balaban J connectivity index is 4.24. The highest BCUT2D eigenvalue weighted by Gasteiger charge is 2.70. The third-order valence-corrected chi connectivity index (χ3v) is 4.58. The van der Waals surface area contributed by atoms with Crippen LogP contribution in [0.1, 0.15) is 84.0 Å². The van der Waals surface area contributed by atoms with Gasteiger partial charge in [-0.05, 0) is 6.42 Å². The molecule has 0 amide bonds. The van der Waals surface area contributed by atoms with Gasteiger partial charge in [-0.2, -0.15) is 0 Å². The minimum absolute atomic E-state index is 0.236. The van der Waals surface area contributed by atoms with Crippen LogP contribution in [0.3, 0.4) is 0 Å². The number of hydrogen-bond acceptors (Lipinski definition) is 7. The fourth-order valence-corrected chi connectivity index (χ4v) is 2.95. The average molecular weight is 375 g/mol. The van der Waals surface area contributed by atoms with E-state index < -0.39 is 32.8 Å².